The van der Waals surface area contributed by atoms with E-state index in [0.717, 1.165) is 22.4 Å². The molecule has 1 aliphatic rings. The van der Waals surface area contributed by atoms with Gasteiger partial charge in [0.05, 0.1) is 31.1 Å². The summed E-state index contributed by atoms with van der Waals surface area (Å²) >= 11 is 1.69. The zero-order valence-electron chi connectivity index (χ0n) is 16.4. The van der Waals surface area contributed by atoms with Crippen LogP contribution in [-0.2, 0) is 21.2 Å². The van der Waals surface area contributed by atoms with Gasteiger partial charge in [0.15, 0.2) is 6.54 Å². The second-order valence-corrected chi connectivity index (χ2v) is 10.2. The van der Waals surface area contributed by atoms with Gasteiger partial charge in [0.25, 0.3) is 5.91 Å². The lowest BCUT2D eigenvalue weighted by molar-refractivity contribution is -0.895. The van der Waals surface area contributed by atoms with Crippen LogP contribution in [0.4, 0.5) is 0 Å². The fourth-order valence-electron chi connectivity index (χ4n) is 3.41. The second kappa shape index (κ2) is 9.17. The molecule has 0 saturated carbocycles. The van der Waals surface area contributed by atoms with Crippen molar-refractivity contribution in [2.75, 3.05) is 39.3 Å². The third-order valence-corrected chi connectivity index (χ3v) is 8.05. The number of hydrogen-bond acceptors (Lipinski definition) is 4. The number of carbonyl (C=O) groups is 1. The number of carbonyl (C=O) groups excluding carboxylic acids is 1. The number of sulfonamides is 1. The lowest BCUT2D eigenvalue weighted by atomic mass is 10.2. The monoisotopic (exact) mass is 422 g/mol. The molecule has 1 amide bonds. The van der Waals surface area contributed by atoms with Crippen LogP contribution < -0.4 is 10.2 Å². The first kappa shape index (κ1) is 21.0. The first-order chi connectivity index (χ1) is 13.4. The number of nitrogens with zero attached hydrogens (tertiary/aromatic N) is 1. The van der Waals surface area contributed by atoms with E-state index in [-0.39, 0.29) is 5.91 Å². The van der Waals surface area contributed by atoms with Gasteiger partial charge in [-0.1, -0.05) is 18.2 Å². The molecule has 1 aliphatic heterocycles. The Morgan fingerprint density at radius 2 is 1.96 bits per heavy atom. The molecule has 152 valence electrons. The number of thiophene rings is 1. The van der Waals surface area contributed by atoms with E-state index < -0.39 is 10.0 Å². The number of benzene rings is 1. The molecule has 3 rings (SSSR count). The molecule has 2 N–H and O–H groups in total. The number of amides is 1. The lowest BCUT2D eigenvalue weighted by Crippen LogP contribution is -3.15. The Labute approximate surface area is 171 Å². The SMILES string of the molecule is Cc1ccc(C)c(S(=O)(=O)N2CC[NH+](CC(=O)NCCc3cccs3)CC2)c1. The van der Waals surface area contributed by atoms with Gasteiger partial charge >= 0.3 is 0 Å². The normalized spacial score (nSPS) is 16.2. The van der Waals surface area contributed by atoms with Crippen molar-refractivity contribution in [2.24, 2.45) is 0 Å². The minimum Gasteiger partial charge on any atom is -0.351 e. The van der Waals surface area contributed by atoms with E-state index >= 15 is 0 Å². The van der Waals surface area contributed by atoms with Crippen LogP contribution in [0.15, 0.2) is 40.6 Å². The Balaban J connectivity index is 1.48. The van der Waals surface area contributed by atoms with Gasteiger partial charge in [0.2, 0.25) is 10.0 Å². The van der Waals surface area contributed by atoms with Gasteiger partial charge in [-0.25, -0.2) is 8.42 Å². The topological polar surface area (TPSA) is 70.9 Å². The zero-order valence-corrected chi connectivity index (χ0v) is 18.0. The van der Waals surface area contributed by atoms with Gasteiger partial charge in [0, 0.05) is 11.4 Å². The van der Waals surface area contributed by atoms with Crippen LogP contribution in [-0.4, -0.2) is 57.9 Å². The molecule has 0 spiro atoms. The maximum atomic E-state index is 13.0. The average molecular weight is 423 g/mol. The number of rotatable bonds is 7. The maximum Gasteiger partial charge on any atom is 0.275 e. The molecule has 0 aliphatic carbocycles. The molecule has 2 aromatic rings. The van der Waals surface area contributed by atoms with Gasteiger partial charge in [0.1, 0.15) is 0 Å². The van der Waals surface area contributed by atoms with Crippen molar-refractivity contribution in [3.8, 4) is 0 Å². The summed E-state index contributed by atoms with van der Waals surface area (Å²) in [6.45, 7) is 6.92. The van der Waals surface area contributed by atoms with Crippen LogP contribution in [0.25, 0.3) is 0 Å². The van der Waals surface area contributed by atoms with Crippen LogP contribution in [0.2, 0.25) is 0 Å². The first-order valence-electron chi connectivity index (χ1n) is 9.56. The van der Waals surface area contributed by atoms with E-state index in [4.69, 9.17) is 0 Å². The van der Waals surface area contributed by atoms with Gasteiger partial charge in [-0.3, -0.25) is 4.79 Å². The molecule has 0 bridgehead atoms. The molecule has 0 unspecified atom stereocenters. The second-order valence-electron chi connectivity index (χ2n) is 7.28. The summed E-state index contributed by atoms with van der Waals surface area (Å²) in [5, 5.41) is 5.00. The Morgan fingerprint density at radius 1 is 1.21 bits per heavy atom. The fourth-order valence-corrected chi connectivity index (χ4v) is 5.87. The number of piperazine rings is 1. The van der Waals surface area contributed by atoms with E-state index in [1.807, 2.05) is 37.4 Å². The van der Waals surface area contributed by atoms with E-state index in [9.17, 15) is 13.2 Å². The molecular weight excluding hydrogens is 394 g/mol. The summed E-state index contributed by atoms with van der Waals surface area (Å²) in [5.74, 6) is 0.0254. The zero-order chi connectivity index (χ0) is 20.1. The molecule has 2 heterocycles. The highest BCUT2D eigenvalue weighted by Gasteiger charge is 2.32. The summed E-state index contributed by atoms with van der Waals surface area (Å²) in [7, 11) is -3.49. The summed E-state index contributed by atoms with van der Waals surface area (Å²) in [6, 6.07) is 9.60. The van der Waals surface area contributed by atoms with Crippen LogP contribution in [0.1, 0.15) is 16.0 Å². The van der Waals surface area contributed by atoms with Crippen molar-refractivity contribution in [2.45, 2.75) is 25.2 Å². The Kier molecular flexibility index (Phi) is 6.87. The number of hydrogen-bond donors (Lipinski definition) is 2. The highest BCUT2D eigenvalue weighted by Crippen LogP contribution is 2.21. The Bertz CT molecular complexity index is 903. The molecule has 1 saturated heterocycles. The molecule has 8 heteroatoms. The summed E-state index contributed by atoms with van der Waals surface area (Å²) in [6.07, 6.45) is 0.848. The highest BCUT2D eigenvalue weighted by molar-refractivity contribution is 7.89. The molecule has 28 heavy (non-hydrogen) atoms. The fraction of sp³-hybridized carbons (Fsp3) is 0.450. The number of aryl methyl sites for hydroxylation is 2. The van der Waals surface area contributed by atoms with Crippen LogP contribution in [0, 0.1) is 13.8 Å². The van der Waals surface area contributed by atoms with Crippen LogP contribution >= 0.6 is 11.3 Å². The van der Waals surface area contributed by atoms with Crippen molar-refractivity contribution in [1.29, 1.82) is 0 Å². The number of nitrogens with one attached hydrogen (secondary N) is 2. The van der Waals surface area contributed by atoms with Gasteiger partial charge in [-0.05, 0) is 48.9 Å². The average Bonchev–Trinajstić information content (AvgIpc) is 3.17. The quantitative estimate of drug-likeness (QED) is 0.687. The predicted octanol–water partition coefficient (Wildman–Crippen LogP) is 0.613. The van der Waals surface area contributed by atoms with Crippen molar-refractivity contribution in [1.82, 2.24) is 9.62 Å². The first-order valence-corrected chi connectivity index (χ1v) is 11.9. The van der Waals surface area contributed by atoms with E-state index in [0.29, 0.717) is 44.2 Å². The molecule has 1 aromatic heterocycles. The molecule has 1 fully saturated rings. The van der Waals surface area contributed by atoms with Crippen LogP contribution in [0.5, 0.6) is 0 Å². The van der Waals surface area contributed by atoms with E-state index in [2.05, 4.69) is 11.4 Å². The molecule has 6 nitrogen and oxygen atoms in total. The molecular formula is C20H28N3O3S2+. The summed E-state index contributed by atoms with van der Waals surface area (Å²) < 4.78 is 27.5. The van der Waals surface area contributed by atoms with Crippen molar-refractivity contribution in [3.05, 3.63) is 51.7 Å². The predicted molar refractivity (Wildman–Crippen MR) is 111 cm³/mol. The van der Waals surface area contributed by atoms with Gasteiger partial charge < -0.3 is 10.2 Å². The Hall–Kier alpha value is -1.74. The molecule has 1 aromatic carbocycles. The largest absolute Gasteiger partial charge is 0.351 e. The minimum absolute atomic E-state index is 0.0254. The van der Waals surface area contributed by atoms with Crippen molar-refractivity contribution < 1.29 is 18.1 Å². The van der Waals surface area contributed by atoms with Gasteiger partial charge in [-0.2, -0.15) is 4.31 Å². The Morgan fingerprint density at radius 3 is 2.64 bits per heavy atom. The summed E-state index contributed by atoms with van der Waals surface area (Å²) in [4.78, 5) is 14.9. The third kappa shape index (κ3) is 5.20. The summed E-state index contributed by atoms with van der Waals surface area (Å²) in [5.41, 5.74) is 1.71. The standard InChI is InChI=1S/C20H27N3O3S2/c1-16-5-6-17(2)19(14-16)28(25,26)23-11-9-22(10-12-23)15-20(24)21-8-7-18-4-3-13-27-18/h3-6,13-14H,7-12,15H2,1-2H3,(H,21,24)/p+1. The smallest absolute Gasteiger partial charge is 0.275 e. The molecule has 0 atom stereocenters. The maximum absolute atomic E-state index is 13.0. The van der Waals surface area contributed by atoms with Crippen molar-refractivity contribution >= 4 is 27.3 Å². The van der Waals surface area contributed by atoms with Crippen LogP contribution in [0.3, 0.4) is 0 Å². The van der Waals surface area contributed by atoms with Gasteiger partial charge in [-0.15, -0.1) is 11.3 Å². The third-order valence-electron chi connectivity index (χ3n) is 5.08. The van der Waals surface area contributed by atoms with Crippen molar-refractivity contribution in [3.63, 3.8) is 0 Å². The number of quaternary nitrogens is 1. The molecule has 0 radical (unpaired) electrons. The minimum atomic E-state index is -3.49. The highest BCUT2D eigenvalue weighted by atomic mass is 32.2. The lowest BCUT2D eigenvalue weighted by Gasteiger charge is -2.31. The van der Waals surface area contributed by atoms with E-state index in [1.165, 1.54) is 4.88 Å². The van der Waals surface area contributed by atoms with E-state index in [1.54, 1.807) is 21.7 Å².